The predicted octanol–water partition coefficient (Wildman–Crippen LogP) is 3.63. The van der Waals surface area contributed by atoms with Gasteiger partial charge in [-0.3, -0.25) is 4.79 Å². The first-order chi connectivity index (χ1) is 7.85. The fourth-order valence-electron chi connectivity index (χ4n) is 1.27. The van der Waals surface area contributed by atoms with Crippen LogP contribution in [0.5, 0.6) is 0 Å². The highest BCUT2D eigenvalue weighted by Crippen LogP contribution is 2.21. The Balaban J connectivity index is 2.74. The molecular formula is C13H18BrNOS. The number of amides is 1. The highest BCUT2D eigenvalue weighted by atomic mass is 79.9. The third-order valence-corrected chi connectivity index (χ3v) is 4.53. The van der Waals surface area contributed by atoms with Gasteiger partial charge in [-0.15, -0.1) is 0 Å². The van der Waals surface area contributed by atoms with Crippen LogP contribution in [-0.2, 0) is 0 Å². The van der Waals surface area contributed by atoms with Crippen molar-refractivity contribution in [2.45, 2.75) is 25.5 Å². The Morgan fingerprint density at radius 1 is 1.47 bits per heavy atom. The molecule has 1 aromatic carbocycles. The maximum absolute atomic E-state index is 12.0. The van der Waals surface area contributed by atoms with Crippen molar-refractivity contribution in [2.24, 2.45) is 0 Å². The Hall–Kier alpha value is -0.480. The van der Waals surface area contributed by atoms with Crippen molar-refractivity contribution in [1.29, 1.82) is 0 Å². The van der Waals surface area contributed by atoms with Gasteiger partial charge in [0.25, 0.3) is 5.91 Å². The summed E-state index contributed by atoms with van der Waals surface area (Å²) in [7, 11) is 0. The summed E-state index contributed by atoms with van der Waals surface area (Å²) in [4.78, 5) is 12.0. The van der Waals surface area contributed by atoms with E-state index < -0.39 is 0 Å². The first-order valence-corrected chi connectivity index (χ1v) is 7.47. The van der Waals surface area contributed by atoms with Crippen LogP contribution in [0, 0.1) is 6.92 Å². The van der Waals surface area contributed by atoms with Gasteiger partial charge in [0.1, 0.15) is 0 Å². The number of rotatable bonds is 4. The molecule has 0 aliphatic heterocycles. The number of benzene rings is 1. The highest BCUT2D eigenvalue weighted by Gasteiger charge is 2.18. The normalized spacial score (nSPS) is 11.4. The number of thioether (sulfide) groups is 1. The molecule has 2 nitrogen and oxygen atoms in total. The molecule has 1 aromatic rings. The van der Waals surface area contributed by atoms with Crippen molar-refractivity contribution >= 4 is 33.6 Å². The van der Waals surface area contributed by atoms with E-state index in [1.165, 1.54) is 0 Å². The van der Waals surface area contributed by atoms with Crippen LogP contribution in [0.1, 0.15) is 29.8 Å². The largest absolute Gasteiger partial charge is 0.351 e. The molecule has 1 amide bonds. The lowest BCUT2D eigenvalue weighted by Crippen LogP contribution is -2.36. The van der Waals surface area contributed by atoms with Crippen LogP contribution in [0.15, 0.2) is 22.7 Å². The Labute approximate surface area is 116 Å². The second-order valence-corrected chi connectivity index (χ2v) is 7.00. The van der Waals surface area contributed by atoms with E-state index in [-0.39, 0.29) is 10.7 Å². The van der Waals surface area contributed by atoms with E-state index in [0.717, 1.165) is 10.0 Å². The van der Waals surface area contributed by atoms with E-state index in [4.69, 9.17) is 0 Å². The summed E-state index contributed by atoms with van der Waals surface area (Å²) < 4.78 is 0.897. The van der Waals surface area contributed by atoms with Crippen molar-refractivity contribution in [2.75, 3.05) is 12.8 Å². The molecule has 4 heteroatoms. The molecule has 1 N–H and O–H groups in total. The molecule has 0 heterocycles. The van der Waals surface area contributed by atoms with Crippen LogP contribution < -0.4 is 5.32 Å². The maximum atomic E-state index is 12.0. The molecule has 0 bridgehead atoms. The van der Waals surface area contributed by atoms with Crippen LogP contribution >= 0.6 is 27.7 Å². The monoisotopic (exact) mass is 315 g/mol. The van der Waals surface area contributed by atoms with Gasteiger partial charge in [-0.1, -0.05) is 11.6 Å². The maximum Gasteiger partial charge on any atom is 0.252 e. The smallest absolute Gasteiger partial charge is 0.252 e. The minimum atomic E-state index is -0.0253. The molecule has 0 atom stereocenters. The number of nitrogens with one attached hydrogen (secondary N) is 1. The lowest BCUT2D eigenvalue weighted by molar-refractivity contribution is 0.0950. The fraction of sp³-hybridized carbons (Fsp3) is 0.462. The lowest BCUT2D eigenvalue weighted by Gasteiger charge is -2.22. The van der Waals surface area contributed by atoms with Gasteiger partial charge in [0.2, 0.25) is 0 Å². The Bertz CT molecular complexity index is 418. The highest BCUT2D eigenvalue weighted by molar-refractivity contribution is 9.10. The fourth-order valence-corrected chi connectivity index (χ4v) is 1.92. The second-order valence-electron chi connectivity index (χ2n) is 4.63. The van der Waals surface area contributed by atoms with Crippen LogP contribution in [0.25, 0.3) is 0 Å². The number of aryl methyl sites for hydroxylation is 1. The molecule has 0 aliphatic carbocycles. The zero-order chi connectivity index (χ0) is 13.1. The van der Waals surface area contributed by atoms with Gasteiger partial charge in [0.15, 0.2) is 0 Å². The standard InChI is InChI=1S/C13H18BrNOS/c1-9-5-6-11(14)10(7-9)12(16)15-8-13(2,3)17-4/h5-7H,8H2,1-4H3,(H,15,16). The molecule has 1 rings (SSSR count). The summed E-state index contributed by atoms with van der Waals surface area (Å²) in [5.74, 6) is -0.0253. The summed E-state index contributed by atoms with van der Waals surface area (Å²) >= 11 is 5.15. The molecular weight excluding hydrogens is 298 g/mol. The first-order valence-electron chi connectivity index (χ1n) is 5.45. The lowest BCUT2D eigenvalue weighted by atomic mass is 10.1. The number of hydrogen-bond acceptors (Lipinski definition) is 2. The third kappa shape index (κ3) is 4.36. The van der Waals surface area contributed by atoms with Crippen LogP contribution in [-0.4, -0.2) is 23.5 Å². The summed E-state index contributed by atoms with van der Waals surface area (Å²) in [5, 5.41) is 2.97. The van der Waals surface area contributed by atoms with E-state index in [0.29, 0.717) is 12.1 Å². The van der Waals surface area contributed by atoms with E-state index in [2.05, 4.69) is 41.3 Å². The van der Waals surface area contributed by atoms with E-state index in [9.17, 15) is 4.79 Å². The Morgan fingerprint density at radius 2 is 2.12 bits per heavy atom. The van der Waals surface area contributed by atoms with Crippen LogP contribution in [0.4, 0.5) is 0 Å². The van der Waals surface area contributed by atoms with Gasteiger partial charge < -0.3 is 5.32 Å². The van der Waals surface area contributed by atoms with E-state index >= 15 is 0 Å². The second kappa shape index (κ2) is 5.91. The zero-order valence-electron chi connectivity index (χ0n) is 10.6. The number of carbonyl (C=O) groups is 1. The number of halogens is 1. The summed E-state index contributed by atoms with van der Waals surface area (Å²) in [6.07, 6.45) is 2.05. The first kappa shape index (κ1) is 14.6. The van der Waals surface area contributed by atoms with Crippen LogP contribution in [0.3, 0.4) is 0 Å². The average molecular weight is 316 g/mol. The summed E-state index contributed by atoms with van der Waals surface area (Å²) in [5.41, 5.74) is 1.78. The van der Waals surface area contributed by atoms with Gasteiger partial charge >= 0.3 is 0 Å². The van der Waals surface area contributed by atoms with E-state index in [1.807, 2.05) is 25.1 Å². The van der Waals surface area contributed by atoms with Gasteiger partial charge in [0.05, 0.1) is 5.56 Å². The molecule has 94 valence electrons. The van der Waals surface area contributed by atoms with Crippen molar-refractivity contribution < 1.29 is 4.79 Å². The van der Waals surface area contributed by atoms with Crippen molar-refractivity contribution in [3.05, 3.63) is 33.8 Å². The molecule has 17 heavy (non-hydrogen) atoms. The molecule has 0 radical (unpaired) electrons. The molecule has 0 aliphatic rings. The topological polar surface area (TPSA) is 29.1 Å². The van der Waals surface area contributed by atoms with Crippen LogP contribution in [0.2, 0.25) is 0 Å². The predicted molar refractivity (Wildman–Crippen MR) is 78.8 cm³/mol. The Kier molecular flexibility index (Phi) is 5.07. The molecule has 0 saturated heterocycles. The van der Waals surface area contributed by atoms with Gasteiger partial charge in [-0.2, -0.15) is 11.8 Å². The summed E-state index contributed by atoms with van der Waals surface area (Å²) in [6.45, 7) is 6.87. The summed E-state index contributed by atoms with van der Waals surface area (Å²) in [6, 6.07) is 5.78. The van der Waals surface area contributed by atoms with Gasteiger partial charge in [0, 0.05) is 15.8 Å². The number of carbonyl (C=O) groups excluding carboxylic acids is 1. The quantitative estimate of drug-likeness (QED) is 0.919. The minimum Gasteiger partial charge on any atom is -0.351 e. The van der Waals surface area contributed by atoms with Gasteiger partial charge in [-0.25, -0.2) is 0 Å². The molecule has 0 fully saturated rings. The zero-order valence-corrected chi connectivity index (χ0v) is 13.0. The van der Waals surface area contributed by atoms with Crippen molar-refractivity contribution in [3.63, 3.8) is 0 Å². The molecule has 0 aromatic heterocycles. The van der Waals surface area contributed by atoms with Crippen molar-refractivity contribution in [1.82, 2.24) is 5.32 Å². The minimum absolute atomic E-state index is 0.0253. The molecule has 0 spiro atoms. The van der Waals surface area contributed by atoms with Crippen molar-refractivity contribution in [3.8, 4) is 0 Å². The third-order valence-electron chi connectivity index (χ3n) is 2.59. The Morgan fingerprint density at radius 3 is 2.71 bits per heavy atom. The number of hydrogen-bond donors (Lipinski definition) is 1. The molecule has 0 unspecified atom stereocenters. The SMILES string of the molecule is CSC(C)(C)CNC(=O)c1cc(C)ccc1Br. The average Bonchev–Trinajstić information content (AvgIpc) is 2.29. The van der Waals surface area contributed by atoms with E-state index in [1.54, 1.807) is 11.8 Å². The van der Waals surface area contributed by atoms with Gasteiger partial charge in [-0.05, 0) is 55.1 Å². The molecule has 0 saturated carbocycles.